The second-order valence-electron chi connectivity index (χ2n) is 11.6. The summed E-state index contributed by atoms with van der Waals surface area (Å²) in [5.74, 6) is -1.44. The van der Waals surface area contributed by atoms with Crippen molar-refractivity contribution in [2.45, 2.75) is 52.0 Å². The van der Waals surface area contributed by atoms with Crippen LogP contribution in [0.25, 0.3) is 0 Å². The molecule has 0 unspecified atom stereocenters. The number of ether oxygens (including phenoxy) is 1. The fourth-order valence-corrected chi connectivity index (χ4v) is 5.29. The third kappa shape index (κ3) is 10.6. The molecule has 49 heavy (non-hydrogen) atoms. The number of rotatable bonds is 15. The van der Waals surface area contributed by atoms with Crippen LogP contribution in [0.5, 0.6) is 0 Å². The van der Waals surface area contributed by atoms with Gasteiger partial charge in [-0.1, -0.05) is 54.1 Å². The molecule has 5 aromatic rings. The number of carbonyl (C=O) groups is 3. The topological polar surface area (TPSA) is 139 Å². The first-order valence-electron chi connectivity index (χ1n) is 16.0. The van der Waals surface area contributed by atoms with E-state index in [2.05, 4.69) is 30.5 Å². The molecular weight excluding hydrogens is 618 g/mol. The van der Waals surface area contributed by atoms with Gasteiger partial charge in [0.2, 0.25) is 11.8 Å². The van der Waals surface area contributed by atoms with Crippen molar-refractivity contribution in [3.63, 3.8) is 0 Å². The van der Waals surface area contributed by atoms with E-state index in [4.69, 9.17) is 9.72 Å². The van der Waals surface area contributed by atoms with E-state index in [1.54, 1.807) is 24.8 Å². The van der Waals surface area contributed by atoms with Crippen molar-refractivity contribution < 1.29 is 19.1 Å². The smallest absolute Gasteiger partial charge is 0.325 e. The summed E-state index contributed by atoms with van der Waals surface area (Å²) in [6.07, 6.45) is 7.19. The van der Waals surface area contributed by atoms with Gasteiger partial charge in [-0.05, 0) is 60.5 Å². The zero-order chi connectivity index (χ0) is 34.4. The molecule has 0 fully saturated rings. The summed E-state index contributed by atoms with van der Waals surface area (Å²) in [5, 5.41) is 5.27. The van der Waals surface area contributed by atoms with E-state index in [0.717, 1.165) is 39.5 Å². The van der Waals surface area contributed by atoms with Crippen molar-refractivity contribution in [2.24, 2.45) is 0 Å². The number of amides is 2. The van der Waals surface area contributed by atoms with E-state index in [1.807, 2.05) is 97.9 Å². The van der Waals surface area contributed by atoms with Gasteiger partial charge in [0.25, 0.3) is 0 Å². The second-order valence-corrected chi connectivity index (χ2v) is 11.6. The van der Waals surface area contributed by atoms with Crippen molar-refractivity contribution in [3.05, 3.63) is 155 Å². The number of carbonyl (C=O) groups excluding carboxylic acids is 3. The molecule has 1 aromatic carbocycles. The van der Waals surface area contributed by atoms with Gasteiger partial charge in [0, 0.05) is 51.2 Å². The predicted octanol–water partition coefficient (Wildman–Crippen LogP) is 4.27. The number of nitrogens with zero attached hydrogens (tertiary/aromatic N) is 5. The lowest BCUT2D eigenvalue weighted by Gasteiger charge is -2.30. The molecule has 1 atom stereocenters. The highest BCUT2D eigenvalue weighted by Gasteiger charge is 2.26. The summed E-state index contributed by atoms with van der Waals surface area (Å²) >= 11 is 0. The Morgan fingerprint density at radius 1 is 0.735 bits per heavy atom. The Labute approximate surface area is 285 Å². The molecule has 2 N–H and O–H groups in total. The molecule has 2 amide bonds. The first kappa shape index (κ1) is 34.5. The van der Waals surface area contributed by atoms with E-state index >= 15 is 0 Å². The van der Waals surface area contributed by atoms with Gasteiger partial charge in [-0.25, -0.2) is 0 Å². The maximum absolute atomic E-state index is 13.1. The monoisotopic (exact) mass is 657 g/mol. The Morgan fingerprint density at radius 2 is 1.35 bits per heavy atom. The van der Waals surface area contributed by atoms with Crippen LogP contribution < -0.4 is 10.6 Å². The first-order valence-corrected chi connectivity index (χ1v) is 16.0. The molecule has 0 aliphatic heterocycles. The van der Waals surface area contributed by atoms with Crippen molar-refractivity contribution in [3.8, 4) is 0 Å². The molecular formula is C38H39N7O4. The van der Waals surface area contributed by atoms with E-state index in [1.165, 1.54) is 6.92 Å². The zero-order valence-electron chi connectivity index (χ0n) is 27.5. The molecule has 0 aliphatic carbocycles. The summed E-state index contributed by atoms with van der Waals surface area (Å²) in [5.41, 5.74) is 6.05. The van der Waals surface area contributed by atoms with Crippen LogP contribution in [0.2, 0.25) is 0 Å². The Morgan fingerprint density at radius 3 is 1.90 bits per heavy atom. The van der Waals surface area contributed by atoms with Crippen molar-refractivity contribution in [1.82, 2.24) is 35.5 Å². The number of nitrogens with one attached hydrogen (secondary N) is 2. The molecule has 4 heterocycles. The normalized spacial score (nSPS) is 11.6. The van der Waals surface area contributed by atoms with Gasteiger partial charge in [0.15, 0.2) is 0 Å². The van der Waals surface area contributed by atoms with Gasteiger partial charge in [-0.3, -0.25) is 39.2 Å². The Kier molecular flexibility index (Phi) is 12.2. The predicted molar refractivity (Wildman–Crippen MR) is 183 cm³/mol. The number of aryl methyl sites for hydroxylation is 1. The number of pyridine rings is 4. The lowest BCUT2D eigenvalue weighted by Crippen LogP contribution is -2.48. The van der Waals surface area contributed by atoms with E-state index in [-0.39, 0.29) is 31.5 Å². The van der Waals surface area contributed by atoms with Gasteiger partial charge < -0.3 is 15.4 Å². The molecule has 0 bridgehead atoms. The number of aromatic nitrogens is 4. The maximum atomic E-state index is 13.1. The number of hydrogen-bond donors (Lipinski definition) is 2. The minimum absolute atomic E-state index is 0.103. The summed E-state index contributed by atoms with van der Waals surface area (Å²) in [6.45, 7) is 4.07. The fourth-order valence-electron chi connectivity index (χ4n) is 5.29. The van der Waals surface area contributed by atoms with Crippen molar-refractivity contribution >= 4 is 17.8 Å². The second kappa shape index (κ2) is 17.4. The van der Waals surface area contributed by atoms with Crippen LogP contribution in [-0.2, 0) is 45.2 Å². The molecule has 0 radical (unpaired) electrons. The van der Waals surface area contributed by atoms with Gasteiger partial charge >= 0.3 is 5.97 Å². The number of hydrogen-bond acceptors (Lipinski definition) is 9. The minimum Gasteiger partial charge on any atom is -0.460 e. The Hall–Kier alpha value is -5.81. The fraction of sp³-hybridized carbons (Fsp3) is 0.237. The standard InChI is InChI=1S/C38H39N7O4/c1-27-12-14-29(15-13-27)26-49-36(47)23-43-38(48)35(44-28(2)46)21-30-16-17-32(42-22-30)25-45(24-31-9-3-6-18-39-31)37(33-10-4-7-19-40-33)34-11-5-8-20-41-34/h3-20,22,35,37H,21,23-26H2,1-2H3,(H,43,48)(H,44,46)/t35-/m0/s1. The third-order valence-corrected chi connectivity index (χ3v) is 7.70. The summed E-state index contributed by atoms with van der Waals surface area (Å²) in [6, 6.07) is 27.7. The average molecular weight is 658 g/mol. The van der Waals surface area contributed by atoms with Crippen LogP contribution in [0, 0.1) is 6.92 Å². The molecule has 4 aromatic heterocycles. The number of benzene rings is 1. The van der Waals surface area contributed by atoms with Crippen LogP contribution in [0.4, 0.5) is 0 Å². The van der Waals surface area contributed by atoms with Crippen LogP contribution in [-0.4, -0.2) is 55.2 Å². The molecule has 0 saturated carbocycles. The SMILES string of the molecule is CC(=O)N[C@@H](Cc1ccc(CN(Cc2ccccn2)C(c2ccccn2)c2ccccn2)nc1)C(=O)NCC(=O)OCc1ccc(C)cc1. The van der Waals surface area contributed by atoms with Crippen molar-refractivity contribution in [1.29, 1.82) is 0 Å². The molecule has 5 rings (SSSR count). The van der Waals surface area contributed by atoms with Crippen LogP contribution in [0.3, 0.4) is 0 Å². The quantitative estimate of drug-likeness (QED) is 0.158. The molecule has 11 heteroatoms. The lowest BCUT2D eigenvalue weighted by atomic mass is 10.0. The Bertz CT molecular complexity index is 1750. The first-order chi connectivity index (χ1) is 23.8. The highest BCUT2D eigenvalue weighted by molar-refractivity contribution is 5.89. The summed E-state index contributed by atoms with van der Waals surface area (Å²) in [4.78, 5) is 58.2. The van der Waals surface area contributed by atoms with Gasteiger partial charge in [0.05, 0.1) is 28.8 Å². The van der Waals surface area contributed by atoms with E-state index in [9.17, 15) is 14.4 Å². The minimum atomic E-state index is -0.909. The van der Waals surface area contributed by atoms with Gasteiger partial charge in [0.1, 0.15) is 19.2 Å². The van der Waals surface area contributed by atoms with E-state index < -0.39 is 17.9 Å². The molecule has 0 spiro atoms. The molecule has 0 saturated heterocycles. The largest absolute Gasteiger partial charge is 0.460 e. The molecule has 11 nitrogen and oxygen atoms in total. The molecule has 0 aliphatic rings. The highest BCUT2D eigenvalue weighted by atomic mass is 16.5. The van der Waals surface area contributed by atoms with Crippen molar-refractivity contribution in [2.75, 3.05) is 6.54 Å². The van der Waals surface area contributed by atoms with Crippen LogP contribution in [0.1, 0.15) is 52.4 Å². The summed E-state index contributed by atoms with van der Waals surface area (Å²) < 4.78 is 5.29. The van der Waals surface area contributed by atoms with Gasteiger partial charge in [-0.2, -0.15) is 0 Å². The van der Waals surface area contributed by atoms with E-state index in [0.29, 0.717) is 13.1 Å². The third-order valence-electron chi connectivity index (χ3n) is 7.70. The average Bonchev–Trinajstić information content (AvgIpc) is 3.12. The van der Waals surface area contributed by atoms with Gasteiger partial charge in [-0.15, -0.1) is 0 Å². The van der Waals surface area contributed by atoms with Crippen LogP contribution >= 0.6 is 0 Å². The number of esters is 1. The Balaban J connectivity index is 1.27. The molecule has 250 valence electrons. The zero-order valence-corrected chi connectivity index (χ0v) is 27.5. The lowest BCUT2D eigenvalue weighted by molar-refractivity contribution is -0.145. The van der Waals surface area contributed by atoms with Crippen LogP contribution in [0.15, 0.2) is 116 Å². The maximum Gasteiger partial charge on any atom is 0.325 e. The summed E-state index contributed by atoms with van der Waals surface area (Å²) in [7, 11) is 0. The highest BCUT2D eigenvalue weighted by Crippen LogP contribution is 2.29.